The summed E-state index contributed by atoms with van der Waals surface area (Å²) in [6, 6.07) is 6.03. The highest BCUT2D eigenvalue weighted by atomic mass is 19.1. The first kappa shape index (κ1) is 21.7. The van der Waals surface area contributed by atoms with Gasteiger partial charge in [0, 0.05) is 45.0 Å². The van der Waals surface area contributed by atoms with Crippen molar-refractivity contribution in [1.29, 1.82) is 0 Å². The number of halogens is 1. The molecule has 2 fully saturated rings. The van der Waals surface area contributed by atoms with E-state index in [1.165, 1.54) is 31.4 Å². The lowest BCUT2D eigenvalue weighted by atomic mass is 9.94. The molecule has 0 aromatic heterocycles. The first-order valence-electron chi connectivity index (χ1n) is 10.7. The van der Waals surface area contributed by atoms with Gasteiger partial charge in [-0.2, -0.15) is 0 Å². The van der Waals surface area contributed by atoms with E-state index in [-0.39, 0.29) is 23.7 Å². The van der Waals surface area contributed by atoms with Crippen LogP contribution in [-0.2, 0) is 9.59 Å². The molecule has 1 aliphatic heterocycles. The minimum atomic E-state index is -0.322. The Morgan fingerprint density at radius 1 is 1.10 bits per heavy atom. The minimum absolute atomic E-state index is 0.105. The van der Waals surface area contributed by atoms with Crippen molar-refractivity contribution in [2.75, 3.05) is 45.1 Å². The van der Waals surface area contributed by atoms with Crippen LogP contribution in [0.5, 0.6) is 0 Å². The van der Waals surface area contributed by atoms with E-state index in [1.807, 2.05) is 18.9 Å². The quantitative estimate of drug-likeness (QED) is 0.792. The summed E-state index contributed by atoms with van der Waals surface area (Å²) < 4.78 is 13.0. The predicted molar refractivity (Wildman–Crippen MR) is 112 cm³/mol. The minimum Gasteiger partial charge on any atom is -0.341 e. The fourth-order valence-corrected chi connectivity index (χ4v) is 4.34. The number of carbonyl (C=O) groups excluding carboxylic acids is 2. The van der Waals surface area contributed by atoms with Crippen molar-refractivity contribution in [3.05, 3.63) is 30.1 Å². The van der Waals surface area contributed by atoms with Crippen molar-refractivity contribution in [1.82, 2.24) is 14.7 Å². The van der Waals surface area contributed by atoms with Crippen LogP contribution in [0.1, 0.15) is 39.0 Å². The van der Waals surface area contributed by atoms with Crippen LogP contribution >= 0.6 is 0 Å². The number of likely N-dealkylation sites (N-methyl/N-ethyl adjacent to an activating group) is 1. The summed E-state index contributed by atoms with van der Waals surface area (Å²) in [5.41, 5.74) is 0.597. The fraction of sp³-hybridized carbons (Fsp3) is 0.636. The van der Waals surface area contributed by atoms with Crippen LogP contribution in [0.3, 0.4) is 0 Å². The lowest BCUT2D eigenvalue weighted by Crippen LogP contribution is -2.56. The van der Waals surface area contributed by atoms with Gasteiger partial charge in [0.2, 0.25) is 11.8 Å². The third-order valence-corrected chi connectivity index (χ3v) is 6.28. The van der Waals surface area contributed by atoms with Crippen molar-refractivity contribution in [3.8, 4) is 0 Å². The second kappa shape index (κ2) is 10.2. The number of anilines is 1. The highest BCUT2D eigenvalue weighted by Gasteiger charge is 2.31. The normalized spacial score (nSPS) is 20.2. The first-order chi connectivity index (χ1) is 13.9. The van der Waals surface area contributed by atoms with Crippen molar-refractivity contribution in [2.24, 2.45) is 0 Å². The first-order valence-corrected chi connectivity index (χ1v) is 10.7. The third-order valence-electron chi connectivity index (χ3n) is 6.28. The maximum atomic E-state index is 13.0. The van der Waals surface area contributed by atoms with E-state index in [4.69, 9.17) is 0 Å². The van der Waals surface area contributed by atoms with E-state index in [2.05, 4.69) is 15.1 Å². The van der Waals surface area contributed by atoms with Crippen LogP contribution in [0.4, 0.5) is 10.1 Å². The van der Waals surface area contributed by atoms with E-state index in [0.29, 0.717) is 18.3 Å². The van der Waals surface area contributed by atoms with Crippen LogP contribution < -0.4 is 5.32 Å². The van der Waals surface area contributed by atoms with Crippen LogP contribution in [0.25, 0.3) is 0 Å². The molecular weight excluding hydrogens is 371 g/mol. The lowest BCUT2D eigenvalue weighted by Gasteiger charge is -2.40. The molecule has 1 aromatic carbocycles. The summed E-state index contributed by atoms with van der Waals surface area (Å²) in [4.78, 5) is 31.4. The number of benzene rings is 1. The molecule has 1 atom stereocenters. The molecule has 6 nitrogen and oxygen atoms in total. The summed E-state index contributed by atoms with van der Waals surface area (Å²) in [6.45, 7) is 5.35. The van der Waals surface area contributed by atoms with Crippen molar-refractivity contribution in [3.63, 3.8) is 0 Å². The molecule has 1 saturated carbocycles. The molecule has 1 unspecified atom stereocenters. The van der Waals surface area contributed by atoms with Crippen molar-refractivity contribution >= 4 is 17.5 Å². The molecule has 1 N–H and O–H groups in total. The van der Waals surface area contributed by atoms with Gasteiger partial charge >= 0.3 is 0 Å². The maximum Gasteiger partial charge on any atom is 0.239 e. The van der Waals surface area contributed by atoms with Gasteiger partial charge in [-0.3, -0.25) is 19.4 Å². The van der Waals surface area contributed by atoms with Crippen LogP contribution in [0, 0.1) is 5.82 Å². The van der Waals surface area contributed by atoms with Gasteiger partial charge in [-0.05, 0) is 44.0 Å². The van der Waals surface area contributed by atoms with Gasteiger partial charge in [0.05, 0.1) is 12.6 Å². The van der Waals surface area contributed by atoms with Gasteiger partial charge in [0.15, 0.2) is 0 Å². The number of hydrogen-bond acceptors (Lipinski definition) is 4. The number of hydrogen-bond donors (Lipinski definition) is 1. The largest absolute Gasteiger partial charge is 0.341 e. The molecule has 2 aliphatic rings. The summed E-state index contributed by atoms with van der Waals surface area (Å²) >= 11 is 0. The van der Waals surface area contributed by atoms with E-state index in [9.17, 15) is 14.0 Å². The average Bonchev–Trinajstić information content (AvgIpc) is 2.75. The molecule has 0 radical (unpaired) electrons. The van der Waals surface area contributed by atoms with E-state index < -0.39 is 0 Å². The molecule has 160 valence electrons. The average molecular weight is 405 g/mol. The monoisotopic (exact) mass is 404 g/mol. The lowest BCUT2D eigenvalue weighted by molar-refractivity contribution is -0.138. The molecule has 2 amide bonds. The third kappa shape index (κ3) is 6.00. The number of nitrogens with zero attached hydrogens (tertiary/aromatic N) is 3. The topological polar surface area (TPSA) is 55.9 Å². The zero-order chi connectivity index (χ0) is 20.8. The van der Waals surface area contributed by atoms with Gasteiger partial charge in [0.25, 0.3) is 0 Å². The molecule has 1 saturated heterocycles. The number of amides is 2. The second-order valence-corrected chi connectivity index (χ2v) is 8.28. The molecule has 0 bridgehead atoms. The van der Waals surface area contributed by atoms with Gasteiger partial charge in [-0.15, -0.1) is 0 Å². The van der Waals surface area contributed by atoms with E-state index >= 15 is 0 Å². The predicted octanol–water partition coefficient (Wildman–Crippen LogP) is 2.56. The molecule has 1 heterocycles. The fourth-order valence-electron chi connectivity index (χ4n) is 4.34. The van der Waals surface area contributed by atoms with Gasteiger partial charge in [0.1, 0.15) is 5.82 Å². The molecule has 7 heteroatoms. The SMILES string of the molecule is CC(C(=O)N(C)C1CCCCC1)N1CCN(CC(=O)Nc2ccc(F)cc2)CC1. The van der Waals surface area contributed by atoms with Crippen molar-refractivity contribution in [2.45, 2.75) is 51.1 Å². The molecular formula is C22H33FN4O2. The van der Waals surface area contributed by atoms with Gasteiger partial charge < -0.3 is 10.2 Å². The van der Waals surface area contributed by atoms with Crippen LogP contribution in [0.15, 0.2) is 24.3 Å². The second-order valence-electron chi connectivity index (χ2n) is 8.28. The van der Waals surface area contributed by atoms with Gasteiger partial charge in [-0.25, -0.2) is 4.39 Å². The summed E-state index contributed by atoms with van der Waals surface area (Å²) in [5.74, 6) is -0.220. The Balaban J connectivity index is 1.42. The Hall–Kier alpha value is -1.99. The Kier molecular flexibility index (Phi) is 7.61. The van der Waals surface area contributed by atoms with Crippen molar-refractivity contribution < 1.29 is 14.0 Å². The maximum absolute atomic E-state index is 13.0. The number of carbonyl (C=O) groups is 2. The smallest absolute Gasteiger partial charge is 0.239 e. The zero-order valence-electron chi connectivity index (χ0n) is 17.6. The number of nitrogens with one attached hydrogen (secondary N) is 1. The van der Waals surface area contributed by atoms with E-state index in [0.717, 1.165) is 39.0 Å². The number of piperazine rings is 1. The zero-order valence-corrected chi connectivity index (χ0v) is 17.6. The van der Waals surface area contributed by atoms with Gasteiger partial charge in [-0.1, -0.05) is 19.3 Å². The highest BCUT2D eigenvalue weighted by molar-refractivity contribution is 5.92. The van der Waals surface area contributed by atoms with E-state index in [1.54, 1.807) is 12.1 Å². The number of rotatable bonds is 6. The Bertz CT molecular complexity index is 683. The molecule has 29 heavy (non-hydrogen) atoms. The molecule has 1 aliphatic carbocycles. The summed E-state index contributed by atoms with van der Waals surface area (Å²) in [5, 5.41) is 2.80. The standard InChI is InChI=1S/C22H33FN4O2/c1-17(22(29)25(2)20-6-4-3-5-7-20)27-14-12-26(13-15-27)16-21(28)24-19-10-8-18(23)9-11-19/h8-11,17,20H,3-7,12-16H2,1-2H3,(H,24,28). The Labute approximate surface area is 173 Å². The Morgan fingerprint density at radius 2 is 1.72 bits per heavy atom. The molecule has 0 spiro atoms. The van der Waals surface area contributed by atoms with Crippen LogP contribution in [-0.4, -0.2) is 78.4 Å². The van der Waals surface area contributed by atoms with Crippen LogP contribution in [0.2, 0.25) is 0 Å². The molecule has 1 aromatic rings. The highest BCUT2D eigenvalue weighted by Crippen LogP contribution is 2.23. The molecule has 3 rings (SSSR count). The summed E-state index contributed by atoms with van der Waals surface area (Å²) in [7, 11) is 1.95. The summed E-state index contributed by atoms with van der Waals surface area (Å²) in [6.07, 6.45) is 5.95. The Morgan fingerprint density at radius 3 is 2.34 bits per heavy atom.